The normalized spacial score (nSPS) is 13.3. The Morgan fingerprint density at radius 3 is 2.53 bits per heavy atom. The largest absolute Gasteiger partial charge is 0.490 e. The van der Waals surface area contributed by atoms with Crippen LogP contribution in [0.3, 0.4) is 0 Å². The van der Waals surface area contributed by atoms with E-state index in [2.05, 4.69) is 35.7 Å². The lowest BCUT2D eigenvalue weighted by molar-refractivity contribution is -0.385. The van der Waals surface area contributed by atoms with Crippen LogP contribution in [0, 0.1) is 10.1 Å². The van der Waals surface area contributed by atoms with Gasteiger partial charge in [0.05, 0.1) is 18.2 Å². The molecule has 0 radical (unpaired) electrons. The Kier molecular flexibility index (Phi) is 6.35. The number of rotatable bonds is 8. The zero-order valence-electron chi connectivity index (χ0n) is 17.4. The molecule has 0 amide bonds. The van der Waals surface area contributed by atoms with E-state index in [1.165, 1.54) is 19.4 Å². The van der Waals surface area contributed by atoms with E-state index in [0.717, 1.165) is 31.6 Å². The summed E-state index contributed by atoms with van der Waals surface area (Å²) in [5.41, 5.74) is 3.96. The molecule has 11 heteroatoms. The fourth-order valence-corrected chi connectivity index (χ4v) is 3.35. The third kappa shape index (κ3) is 4.89. The van der Waals surface area contributed by atoms with Gasteiger partial charge in [0.25, 0.3) is 0 Å². The minimum Gasteiger partial charge on any atom is -0.490 e. The molecule has 164 valence electrons. The molecule has 0 saturated carbocycles. The van der Waals surface area contributed by atoms with Crippen LogP contribution in [0.1, 0.15) is 18.4 Å². The average Bonchev–Trinajstić information content (AvgIpc) is 3.34. The van der Waals surface area contributed by atoms with Gasteiger partial charge in [-0.05, 0) is 31.0 Å². The minimum atomic E-state index is -0.501. The van der Waals surface area contributed by atoms with E-state index in [4.69, 9.17) is 4.74 Å². The Labute approximate surface area is 184 Å². The van der Waals surface area contributed by atoms with E-state index in [1.807, 2.05) is 30.3 Å². The maximum absolute atomic E-state index is 11.2. The molecule has 11 nitrogen and oxygen atoms in total. The summed E-state index contributed by atoms with van der Waals surface area (Å²) in [6.45, 7) is 1.75. The van der Waals surface area contributed by atoms with Crippen molar-refractivity contribution in [2.75, 3.05) is 35.8 Å². The lowest BCUT2D eigenvalue weighted by Crippen LogP contribution is -2.21. The summed E-state index contributed by atoms with van der Waals surface area (Å²) in [7, 11) is 1.38. The van der Waals surface area contributed by atoms with Gasteiger partial charge in [-0.15, -0.1) is 0 Å². The maximum atomic E-state index is 11.2. The summed E-state index contributed by atoms with van der Waals surface area (Å²) < 4.78 is 5.19. The molecular formula is C21H22N8O3. The van der Waals surface area contributed by atoms with Gasteiger partial charge in [-0.3, -0.25) is 10.1 Å². The molecule has 0 aliphatic carbocycles. The van der Waals surface area contributed by atoms with Gasteiger partial charge in [0.2, 0.25) is 23.6 Å². The van der Waals surface area contributed by atoms with Gasteiger partial charge in [-0.25, -0.2) is 5.43 Å². The molecule has 1 saturated heterocycles. The number of nitro groups is 1. The fraction of sp³-hybridized carbons (Fsp3) is 0.238. The molecule has 32 heavy (non-hydrogen) atoms. The molecule has 0 unspecified atom stereocenters. The molecule has 0 spiro atoms. The van der Waals surface area contributed by atoms with Crippen molar-refractivity contribution < 1.29 is 9.66 Å². The zero-order chi connectivity index (χ0) is 22.3. The minimum absolute atomic E-state index is 0.128. The highest BCUT2D eigenvalue weighted by Gasteiger charge is 2.18. The van der Waals surface area contributed by atoms with Gasteiger partial charge >= 0.3 is 5.69 Å². The third-order valence-electron chi connectivity index (χ3n) is 4.84. The first-order valence-corrected chi connectivity index (χ1v) is 10.1. The summed E-state index contributed by atoms with van der Waals surface area (Å²) in [5.74, 6) is 1.32. The highest BCUT2D eigenvalue weighted by Crippen LogP contribution is 2.29. The van der Waals surface area contributed by atoms with Gasteiger partial charge in [-0.2, -0.15) is 20.1 Å². The van der Waals surface area contributed by atoms with Crippen LogP contribution in [0.2, 0.25) is 0 Å². The van der Waals surface area contributed by atoms with E-state index >= 15 is 0 Å². The van der Waals surface area contributed by atoms with Gasteiger partial charge < -0.3 is 15.0 Å². The number of nitrogens with zero attached hydrogens (tertiary/aromatic N) is 6. The van der Waals surface area contributed by atoms with Crippen LogP contribution >= 0.6 is 0 Å². The van der Waals surface area contributed by atoms with Gasteiger partial charge in [0.1, 0.15) is 0 Å². The quantitative estimate of drug-likeness (QED) is 0.310. The van der Waals surface area contributed by atoms with Crippen molar-refractivity contribution in [2.24, 2.45) is 5.10 Å². The number of benzene rings is 2. The van der Waals surface area contributed by atoms with Crippen LogP contribution in [-0.4, -0.2) is 46.3 Å². The molecule has 1 fully saturated rings. The molecule has 3 aromatic rings. The molecule has 0 bridgehead atoms. The van der Waals surface area contributed by atoms with Gasteiger partial charge in [0, 0.05) is 30.4 Å². The van der Waals surface area contributed by atoms with Crippen LogP contribution in [0.5, 0.6) is 5.75 Å². The summed E-state index contributed by atoms with van der Waals surface area (Å²) in [6, 6.07) is 14.2. The van der Waals surface area contributed by atoms with Crippen molar-refractivity contribution in [3.8, 4) is 5.75 Å². The SMILES string of the molecule is COc1c(/C=N/Nc2nc(Nc3ccccc3)nc(N3CCCC3)n2)cccc1[N+](=O)[O-]. The first-order valence-electron chi connectivity index (χ1n) is 10.1. The second kappa shape index (κ2) is 9.69. The number of ether oxygens (including phenoxy) is 1. The summed E-state index contributed by atoms with van der Waals surface area (Å²) in [5, 5.41) is 18.5. The molecule has 1 aliphatic heterocycles. The molecule has 2 aromatic carbocycles. The molecule has 4 rings (SSSR count). The van der Waals surface area contributed by atoms with Crippen molar-refractivity contribution in [1.82, 2.24) is 15.0 Å². The van der Waals surface area contributed by atoms with Crippen LogP contribution in [0.25, 0.3) is 0 Å². The summed E-state index contributed by atoms with van der Waals surface area (Å²) >= 11 is 0. The first-order chi connectivity index (χ1) is 15.6. The number of aromatic nitrogens is 3. The summed E-state index contributed by atoms with van der Waals surface area (Å²) in [6.07, 6.45) is 3.59. The number of anilines is 4. The number of nitrogens with one attached hydrogen (secondary N) is 2. The number of hydrazone groups is 1. The van der Waals surface area contributed by atoms with E-state index < -0.39 is 4.92 Å². The van der Waals surface area contributed by atoms with Gasteiger partial charge in [-0.1, -0.05) is 24.3 Å². The molecule has 1 aromatic heterocycles. The number of methoxy groups -OCH3 is 1. The predicted molar refractivity (Wildman–Crippen MR) is 122 cm³/mol. The highest BCUT2D eigenvalue weighted by molar-refractivity contribution is 5.86. The molecular weight excluding hydrogens is 412 g/mol. The fourth-order valence-electron chi connectivity index (χ4n) is 3.35. The van der Waals surface area contributed by atoms with E-state index in [9.17, 15) is 10.1 Å². The number of hydrogen-bond donors (Lipinski definition) is 2. The van der Waals surface area contributed by atoms with Crippen LogP contribution < -0.4 is 20.4 Å². The van der Waals surface area contributed by atoms with E-state index in [1.54, 1.807) is 12.1 Å². The summed E-state index contributed by atoms with van der Waals surface area (Å²) in [4.78, 5) is 26.2. The molecule has 1 aliphatic rings. The topological polar surface area (TPSA) is 131 Å². The Morgan fingerprint density at radius 2 is 1.81 bits per heavy atom. The van der Waals surface area contributed by atoms with Crippen LogP contribution in [-0.2, 0) is 0 Å². The standard InChI is InChI=1S/C21H22N8O3/c1-32-18-15(8-7-11-17(18)29(30)31)14-22-27-20-24-19(23-16-9-3-2-4-10-16)25-21(26-20)28-12-5-6-13-28/h2-4,7-11,14H,5-6,12-13H2,1H3,(H2,23,24,25,26,27)/b22-14+. The Hall–Kier alpha value is -4.28. The predicted octanol–water partition coefficient (Wildman–Crippen LogP) is 3.58. The number of hydrogen-bond acceptors (Lipinski definition) is 10. The van der Waals surface area contributed by atoms with Crippen molar-refractivity contribution in [1.29, 1.82) is 0 Å². The molecule has 0 atom stereocenters. The Bertz CT molecular complexity index is 1120. The van der Waals surface area contributed by atoms with Crippen LogP contribution in [0.15, 0.2) is 53.6 Å². The Balaban J connectivity index is 1.59. The van der Waals surface area contributed by atoms with Gasteiger partial charge in [0.15, 0.2) is 0 Å². The van der Waals surface area contributed by atoms with Crippen molar-refractivity contribution in [3.63, 3.8) is 0 Å². The second-order valence-electron chi connectivity index (χ2n) is 6.99. The first kappa shape index (κ1) is 21.0. The molecule has 2 heterocycles. The van der Waals surface area contributed by atoms with Crippen LogP contribution in [0.4, 0.5) is 29.2 Å². The van der Waals surface area contributed by atoms with Crippen molar-refractivity contribution >= 4 is 35.4 Å². The monoisotopic (exact) mass is 434 g/mol. The van der Waals surface area contributed by atoms with E-state index in [-0.39, 0.29) is 17.4 Å². The van der Waals surface area contributed by atoms with Crippen molar-refractivity contribution in [2.45, 2.75) is 12.8 Å². The highest BCUT2D eigenvalue weighted by atomic mass is 16.6. The van der Waals surface area contributed by atoms with E-state index in [0.29, 0.717) is 17.5 Å². The molecule has 2 N–H and O–H groups in total. The maximum Gasteiger partial charge on any atom is 0.311 e. The zero-order valence-corrected chi connectivity index (χ0v) is 17.4. The average molecular weight is 434 g/mol. The second-order valence-corrected chi connectivity index (χ2v) is 6.99. The smallest absolute Gasteiger partial charge is 0.311 e. The number of nitro benzene ring substituents is 1. The third-order valence-corrected chi connectivity index (χ3v) is 4.84. The Morgan fingerprint density at radius 1 is 1.06 bits per heavy atom. The lowest BCUT2D eigenvalue weighted by atomic mass is 10.2. The lowest BCUT2D eigenvalue weighted by Gasteiger charge is -2.16. The number of para-hydroxylation sites is 2. The van der Waals surface area contributed by atoms with Crippen molar-refractivity contribution in [3.05, 3.63) is 64.2 Å².